The molecular weight excluding hydrogens is 508 g/mol. The Hall–Kier alpha value is -3.06. The number of nitrogens with one attached hydrogen (secondary N) is 1. The maximum atomic E-state index is 11.8. The summed E-state index contributed by atoms with van der Waals surface area (Å²) in [4.78, 5) is 32.1. The first-order valence-corrected chi connectivity index (χ1v) is 8.83. The predicted molar refractivity (Wildman–Crippen MR) is 104 cm³/mol. The lowest BCUT2D eigenvalue weighted by molar-refractivity contribution is -0.385. The van der Waals surface area contributed by atoms with E-state index in [2.05, 4.69) is 42.4 Å². The number of amides is 1. The minimum atomic E-state index is -0.662. The molecule has 0 atom stereocenters. The number of nitro benzene ring substituents is 2. The summed E-state index contributed by atoms with van der Waals surface area (Å²) < 4.78 is 5.62. The highest BCUT2D eigenvalue weighted by molar-refractivity contribution is 9.10. The average molecular weight is 518 g/mol. The van der Waals surface area contributed by atoms with Gasteiger partial charge in [-0.2, -0.15) is 5.10 Å². The molecule has 2 N–H and O–H groups in total. The van der Waals surface area contributed by atoms with Gasteiger partial charge in [0.05, 0.1) is 25.0 Å². The number of carbonyl (C=O) groups excluding carboxylic acids is 1. The molecule has 0 heterocycles. The molecule has 0 saturated carbocycles. The molecule has 1 amide bonds. The van der Waals surface area contributed by atoms with Gasteiger partial charge in [-0.1, -0.05) is 0 Å². The second-order valence-corrected chi connectivity index (χ2v) is 6.78. The summed E-state index contributed by atoms with van der Waals surface area (Å²) in [6, 6.07) is 5.99. The van der Waals surface area contributed by atoms with Crippen LogP contribution in [-0.4, -0.2) is 33.7 Å². The number of ether oxygens (including phenoxy) is 1. The van der Waals surface area contributed by atoms with E-state index < -0.39 is 22.4 Å². The van der Waals surface area contributed by atoms with Crippen molar-refractivity contribution in [3.05, 3.63) is 65.1 Å². The Morgan fingerprint density at radius 1 is 1.14 bits per heavy atom. The lowest BCUT2D eigenvalue weighted by Gasteiger charge is -2.07. The smallest absolute Gasteiger partial charge is 0.277 e. The second-order valence-electron chi connectivity index (χ2n) is 5.08. The van der Waals surface area contributed by atoms with E-state index >= 15 is 0 Å². The SMILES string of the molecule is O=C(COc1ccc([N+](=O)[O-])cc1Br)N/N=C/c1cc([N+](=O)[O-])cc(Br)c1O. The number of hydrogen-bond acceptors (Lipinski definition) is 8. The standard InChI is InChI=1S/C15H10Br2N4O7/c16-11-4-9(20(24)25)1-2-13(11)28-7-14(22)19-18-6-8-3-10(21(26)27)5-12(17)15(8)23/h1-6,23H,7H2,(H,19,22)/b18-6+. The zero-order chi connectivity index (χ0) is 20.8. The van der Waals surface area contributed by atoms with Gasteiger partial charge in [-0.05, 0) is 37.9 Å². The number of halogens is 2. The fourth-order valence-electron chi connectivity index (χ4n) is 1.88. The van der Waals surface area contributed by atoms with Gasteiger partial charge in [-0.15, -0.1) is 0 Å². The highest BCUT2D eigenvalue weighted by Crippen LogP contribution is 2.31. The molecule has 0 bridgehead atoms. The van der Waals surface area contributed by atoms with Crippen LogP contribution < -0.4 is 10.2 Å². The number of non-ortho nitro benzene ring substituents is 2. The first kappa shape index (κ1) is 21.2. The maximum absolute atomic E-state index is 11.8. The number of hydrazone groups is 1. The summed E-state index contributed by atoms with van der Waals surface area (Å²) in [5, 5.41) is 35.0. The molecule has 0 aliphatic rings. The maximum Gasteiger partial charge on any atom is 0.277 e. The molecule has 0 spiro atoms. The van der Waals surface area contributed by atoms with Gasteiger partial charge in [0, 0.05) is 29.8 Å². The average Bonchev–Trinajstić information content (AvgIpc) is 2.63. The lowest BCUT2D eigenvalue weighted by Crippen LogP contribution is -2.24. The number of nitro groups is 2. The fourth-order valence-corrected chi connectivity index (χ4v) is 2.82. The normalized spacial score (nSPS) is 10.6. The Bertz CT molecular complexity index is 981. The van der Waals surface area contributed by atoms with Crippen LogP contribution >= 0.6 is 31.9 Å². The van der Waals surface area contributed by atoms with Gasteiger partial charge in [0.15, 0.2) is 6.61 Å². The van der Waals surface area contributed by atoms with Crippen molar-refractivity contribution in [3.63, 3.8) is 0 Å². The number of nitrogens with zero attached hydrogens (tertiary/aromatic N) is 3. The third-order valence-electron chi connectivity index (χ3n) is 3.17. The lowest BCUT2D eigenvalue weighted by atomic mass is 10.2. The van der Waals surface area contributed by atoms with Crippen LogP contribution in [0.1, 0.15) is 5.56 Å². The van der Waals surface area contributed by atoms with Gasteiger partial charge in [0.25, 0.3) is 17.3 Å². The molecule has 11 nitrogen and oxygen atoms in total. The van der Waals surface area contributed by atoms with Crippen LogP contribution in [0.2, 0.25) is 0 Å². The molecule has 2 aromatic rings. The van der Waals surface area contributed by atoms with E-state index in [0.717, 1.165) is 18.3 Å². The van der Waals surface area contributed by atoms with Crippen molar-refractivity contribution in [3.8, 4) is 11.5 Å². The predicted octanol–water partition coefficient (Wildman–Crippen LogP) is 3.26. The molecule has 0 aliphatic carbocycles. The van der Waals surface area contributed by atoms with E-state index in [1.165, 1.54) is 18.2 Å². The number of benzene rings is 2. The number of phenols is 1. The molecule has 146 valence electrons. The minimum Gasteiger partial charge on any atom is -0.506 e. The van der Waals surface area contributed by atoms with E-state index in [4.69, 9.17) is 4.74 Å². The summed E-state index contributed by atoms with van der Waals surface area (Å²) in [7, 11) is 0. The van der Waals surface area contributed by atoms with Crippen molar-refractivity contribution in [2.45, 2.75) is 0 Å². The van der Waals surface area contributed by atoms with Crippen LogP contribution in [0, 0.1) is 20.2 Å². The molecular formula is C15H10Br2N4O7. The van der Waals surface area contributed by atoms with Crippen molar-refractivity contribution in [2.24, 2.45) is 5.10 Å². The third-order valence-corrected chi connectivity index (χ3v) is 4.39. The van der Waals surface area contributed by atoms with Crippen LogP contribution in [0.5, 0.6) is 11.5 Å². The zero-order valence-electron chi connectivity index (χ0n) is 13.7. The van der Waals surface area contributed by atoms with E-state index in [1.54, 1.807) is 0 Å². The topological polar surface area (TPSA) is 157 Å². The highest BCUT2D eigenvalue weighted by Gasteiger charge is 2.14. The van der Waals surface area contributed by atoms with E-state index in [-0.39, 0.29) is 32.9 Å². The van der Waals surface area contributed by atoms with Gasteiger partial charge >= 0.3 is 0 Å². The quantitative estimate of drug-likeness (QED) is 0.324. The molecule has 0 saturated heterocycles. The third kappa shape index (κ3) is 5.47. The summed E-state index contributed by atoms with van der Waals surface area (Å²) in [5.41, 5.74) is 1.73. The summed E-state index contributed by atoms with van der Waals surface area (Å²) in [6.45, 7) is -0.446. The molecule has 13 heteroatoms. The zero-order valence-corrected chi connectivity index (χ0v) is 16.8. The van der Waals surface area contributed by atoms with Crippen molar-refractivity contribution in [2.75, 3.05) is 6.61 Å². The van der Waals surface area contributed by atoms with Crippen LogP contribution in [0.3, 0.4) is 0 Å². The summed E-state index contributed by atoms with van der Waals surface area (Å²) in [5.74, 6) is -0.731. The molecule has 28 heavy (non-hydrogen) atoms. The Kier molecular flexibility index (Phi) is 7.00. The molecule has 2 rings (SSSR count). The van der Waals surface area contributed by atoms with Crippen molar-refractivity contribution in [1.29, 1.82) is 0 Å². The number of carbonyl (C=O) groups is 1. The van der Waals surface area contributed by atoms with E-state index in [0.29, 0.717) is 4.47 Å². The summed E-state index contributed by atoms with van der Waals surface area (Å²) >= 11 is 6.09. The van der Waals surface area contributed by atoms with Gasteiger partial charge < -0.3 is 9.84 Å². The first-order valence-electron chi connectivity index (χ1n) is 7.24. The molecule has 0 aromatic heterocycles. The van der Waals surface area contributed by atoms with Crippen LogP contribution in [0.25, 0.3) is 0 Å². The number of aromatic hydroxyl groups is 1. The van der Waals surface area contributed by atoms with E-state index in [1.807, 2.05) is 0 Å². The van der Waals surface area contributed by atoms with Gasteiger partial charge in [0.1, 0.15) is 11.5 Å². The fraction of sp³-hybridized carbons (Fsp3) is 0.0667. The number of rotatable bonds is 7. The highest BCUT2D eigenvalue weighted by atomic mass is 79.9. The van der Waals surface area contributed by atoms with Crippen molar-refractivity contribution in [1.82, 2.24) is 5.43 Å². The summed E-state index contributed by atoms with van der Waals surface area (Å²) in [6.07, 6.45) is 1.03. The Balaban J connectivity index is 1.98. The number of hydrogen-bond donors (Lipinski definition) is 2. The Morgan fingerprint density at radius 3 is 2.39 bits per heavy atom. The number of phenolic OH excluding ortho intramolecular Hbond substituents is 1. The van der Waals surface area contributed by atoms with Crippen molar-refractivity contribution >= 4 is 55.4 Å². The van der Waals surface area contributed by atoms with E-state index in [9.17, 15) is 30.1 Å². The monoisotopic (exact) mass is 516 g/mol. The molecule has 0 radical (unpaired) electrons. The van der Waals surface area contributed by atoms with Gasteiger partial charge in [0.2, 0.25) is 0 Å². The largest absolute Gasteiger partial charge is 0.506 e. The molecule has 0 fully saturated rings. The Labute approximate surface area is 173 Å². The van der Waals surface area contributed by atoms with Crippen LogP contribution in [0.15, 0.2) is 44.4 Å². The molecule has 0 aliphatic heterocycles. The van der Waals surface area contributed by atoms with Gasteiger partial charge in [-0.25, -0.2) is 5.43 Å². The van der Waals surface area contributed by atoms with Crippen LogP contribution in [0.4, 0.5) is 11.4 Å². The van der Waals surface area contributed by atoms with Gasteiger partial charge in [-0.3, -0.25) is 25.0 Å². The molecule has 0 unspecified atom stereocenters. The minimum absolute atomic E-state index is 0.0143. The molecule has 2 aromatic carbocycles. The van der Waals surface area contributed by atoms with Crippen molar-refractivity contribution < 1.29 is 24.5 Å². The first-order chi connectivity index (χ1) is 13.2. The second kappa shape index (κ2) is 9.23. The Morgan fingerprint density at radius 2 is 1.79 bits per heavy atom. The van der Waals surface area contributed by atoms with Crippen LogP contribution in [-0.2, 0) is 4.79 Å².